The number of nitrogens with zero attached hydrogens (tertiary/aromatic N) is 3. The Hall–Kier alpha value is -2.49. The fraction of sp³-hybridized carbons (Fsp3) is 0.571. The van der Waals surface area contributed by atoms with Gasteiger partial charge in [0.1, 0.15) is 10.8 Å². The normalized spacial score (nSPS) is 19.3. The summed E-state index contributed by atoms with van der Waals surface area (Å²) in [6, 6.07) is 9.76. The molecule has 0 N–H and O–H groups in total. The molecule has 1 saturated heterocycles. The lowest BCUT2D eigenvalue weighted by Crippen LogP contribution is -2.50. The summed E-state index contributed by atoms with van der Waals surface area (Å²) in [5, 5.41) is 11.5. The van der Waals surface area contributed by atoms with Crippen LogP contribution in [0.25, 0.3) is 0 Å². The third-order valence-electron chi connectivity index (χ3n) is 7.43. The van der Waals surface area contributed by atoms with Gasteiger partial charge in [-0.1, -0.05) is 50.6 Å². The third kappa shape index (κ3) is 7.33. The second-order valence-corrected chi connectivity index (χ2v) is 17.7. The Morgan fingerprint density at radius 3 is 2.26 bits per heavy atom. The molecule has 3 atom stereocenters. The van der Waals surface area contributed by atoms with Gasteiger partial charge in [-0.25, -0.2) is 9.78 Å². The van der Waals surface area contributed by atoms with E-state index < -0.39 is 31.0 Å². The summed E-state index contributed by atoms with van der Waals surface area (Å²) >= 11 is 6.11. The number of rotatable bonds is 7. The van der Waals surface area contributed by atoms with Crippen molar-refractivity contribution in [3.63, 3.8) is 0 Å². The number of aromatic nitrogens is 1. The van der Waals surface area contributed by atoms with E-state index in [2.05, 4.69) is 38.8 Å². The van der Waals surface area contributed by atoms with Crippen molar-refractivity contribution in [2.45, 2.75) is 103 Å². The smallest absolute Gasteiger partial charge is 0.410 e. The van der Waals surface area contributed by atoms with Crippen molar-refractivity contribution >= 4 is 31.7 Å². The monoisotopic (exact) mass is 561 g/mol. The summed E-state index contributed by atoms with van der Waals surface area (Å²) in [6.45, 7) is 16.5. The van der Waals surface area contributed by atoms with E-state index in [1.165, 1.54) is 12.1 Å². The van der Waals surface area contributed by atoms with E-state index in [-0.39, 0.29) is 22.8 Å². The molecule has 8 nitrogen and oxygen atoms in total. The van der Waals surface area contributed by atoms with Gasteiger partial charge in [-0.2, -0.15) is 0 Å². The van der Waals surface area contributed by atoms with Crippen LogP contribution in [0.3, 0.4) is 0 Å². The average molecular weight is 562 g/mol. The lowest BCUT2D eigenvalue weighted by Gasteiger charge is -2.43. The Morgan fingerprint density at radius 2 is 1.76 bits per heavy atom. The van der Waals surface area contributed by atoms with Crippen molar-refractivity contribution in [2.24, 2.45) is 0 Å². The van der Waals surface area contributed by atoms with E-state index in [1.54, 1.807) is 24.4 Å². The highest BCUT2D eigenvalue weighted by atomic mass is 35.5. The summed E-state index contributed by atoms with van der Waals surface area (Å²) in [4.78, 5) is 30.5. The zero-order valence-electron chi connectivity index (χ0n) is 23.7. The molecule has 0 spiro atoms. The highest BCUT2D eigenvalue weighted by Gasteiger charge is 2.47. The minimum atomic E-state index is -2.26. The molecule has 0 bridgehead atoms. The Bertz CT molecular complexity index is 1130. The molecule has 2 heterocycles. The van der Waals surface area contributed by atoms with Crippen LogP contribution in [0.4, 0.5) is 10.5 Å². The summed E-state index contributed by atoms with van der Waals surface area (Å²) in [7, 11) is -2.26. The van der Waals surface area contributed by atoms with Gasteiger partial charge in [0, 0.05) is 29.9 Å². The maximum absolute atomic E-state index is 13.7. The van der Waals surface area contributed by atoms with Gasteiger partial charge in [0.2, 0.25) is 0 Å². The molecule has 10 heteroatoms. The van der Waals surface area contributed by atoms with Crippen molar-refractivity contribution < 1.29 is 18.9 Å². The summed E-state index contributed by atoms with van der Waals surface area (Å²) < 4.78 is 12.9. The zero-order chi connectivity index (χ0) is 28.5. The van der Waals surface area contributed by atoms with E-state index in [4.69, 9.17) is 20.8 Å². The number of nitro benzene ring substituents is 1. The van der Waals surface area contributed by atoms with Crippen LogP contribution >= 0.6 is 11.6 Å². The van der Waals surface area contributed by atoms with Gasteiger partial charge in [0.05, 0.1) is 17.1 Å². The third-order valence-corrected chi connectivity index (χ3v) is 12.1. The van der Waals surface area contributed by atoms with Crippen LogP contribution in [-0.2, 0) is 15.6 Å². The van der Waals surface area contributed by atoms with Gasteiger partial charge in [-0.15, -0.1) is 0 Å². The molecule has 1 amide bonds. The van der Waals surface area contributed by atoms with Gasteiger partial charge < -0.3 is 9.16 Å². The van der Waals surface area contributed by atoms with E-state index >= 15 is 0 Å². The lowest BCUT2D eigenvalue weighted by atomic mass is 10.0. The summed E-state index contributed by atoms with van der Waals surface area (Å²) in [5.41, 5.74) is 1.17. The Labute approximate surface area is 232 Å². The molecule has 1 aliphatic heterocycles. The predicted molar refractivity (Wildman–Crippen MR) is 152 cm³/mol. The maximum Gasteiger partial charge on any atom is 0.410 e. The van der Waals surface area contributed by atoms with Crippen molar-refractivity contribution in [3.05, 3.63) is 69.0 Å². The zero-order valence-corrected chi connectivity index (χ0v) is 25.4. The van der Waals surface area contributed by atoms with Crippen LogP contribution < -0.4 is 0 Å². The highest BCUT2D eigenvalue weighted by Crippen LogP contribution is 2.44. The molecule has 1 fully saturated rings. The molecule has 0 aliphatic carbocycles. The number of ether oxygens (including phenoxy) is 1. The average Bonchev–Trinajstić information content (AvgIpc) is 3.20. The minimum Gasteiger partial charge on any atom is -0.444 e. The van der Waals surface area contributed by atoms with Crippen LogP contribution in [0.5, 0.6) is 0 Å². The van der Waals surface area contributed by atoms with Crippen molar-refractivity contribution in [1.82, 2.24) is 9.88 Å². The number of non-ortho nitro benzene ring substituents is 1. The minimum absolute atomic E-state index is 0.0418. The first kappa shape index (κ1) is 30.1. The predicted octanol–water partition coefficient (Wildman–Crippen LogP) is 7.72. The molecular weight excluding hydrogens is 522 g/mol. The van der Waals surface area contributed by atoms with Gasteiger partial charge >= 0.3 is 6.09 Å². The lowest BCUT2D eigenvalue weighted by molar-refractivity contribution is -0.384. The molecule has 0 radical (unpaired) electrons. The quantitative estimate of drug-likeness (QED) is 0.149. The molecule has 0 saturated carbocycles. The molecular formula is C28H40ClN3O5Si. The van der Waals surface area contributed by atoms with Crippen LogP contribution in [0.2, 0.25) is 23.3 Å². The number of pyridine rings is 1. The first-order valence-corrected chi connectivity index (χ1v) is 16.3. The SMILES string of the molecule is CC(C)(C)OC(=O)N1[C@H](Cc2ccc([N+](=O)[O-])cc2)CC[C@@H]1[C@H](O[Si](C)(C)C(C)(C)C)c1ccc(Cl)nc1. The summed E-state index contributed by atoms with van der Waals surface area (Å²) in [6.07, 6.45) is 2.96. The molecule has 38 heavy (non-hydrogen) atoms. The van der Waals surface area contributed by atoms with Gasteiger partial charge in [0.25, 0.3) is 5.69 Å². The fourth-order valence-electron chi connectivity index (χ4n) is 4.45. The molecule has 2 aromatic rings. The molecule has 0 unspecified atom stereocenters. The summed E-state index contributed by atoms with van der Waals surface area (Å²) in [5.74, 6) is 0. The first-order valence-electron chi connectivity index (χ1n) is 13.0. The maximum atomic E-state index is 13.7. The molecule has 1 aromatic carbocycles. The van der Waals surface area contributed by atoms with Crippen LogP contribution in [-0.4, -0.2) is 46.9 Å². The van der Waals surface area contributed by atoms with Gasteiger partial charge in [-0.05, 0) is 69.8 Å². The topological polar surface area (TPSA) is 94.8 Å². The largest absolute Gasteiger partial charge is 0.444 e. The molecule has 3 rings (SSSR count). The van der Waals surface area contributed by atoms with Crippen LogP contribution in [0.1, 0.15) is 71.6 Å². The highest BCUT2D eigenvalue weighted by molar-refractivity contribution is 6.74. The van der Waals surface area contributed by atoms with E-state index in [0.717, 1.165) is 24.0 Å². The number of carbonyl (C=O) groups excluding carboxylic acids is 1. The Balaban J connectivity index is 2.01. The van der Waals surface area contributed by atoms with E-state index in [9.17, 15) is 14.9 Å². The second kappa shape index (κ2) is 11.3. The van der Waals surface area contributed by atoms with Crippen molar-refractivity contribution in [3.8, 4) is 0 Å². The van der Waals surface area contributed by atoms with Crippen LogP contribution in [0.15, 0.2) is 42.6 Å². The molecule has 1 aromatic heterocycles. The van der Waals surface area contributed by atoms with Gasteiger partial charge in [0.15, 0.2) is 8.32 Å². The van der Waals surface area contributed by atoms with E-state index in [0.29, 0.717) is 11.6 Å². The number of hydrogen-bond acceptors (Lipinski definition) is 6. The first-order chi connectivity index (χ1) is 17.5. The number of benzene rings is 1. The van der Waals surface area contributed by atoms with Crippen LogP contribution in [0, 0.1) is 10.1 Å². The van der Waals surface area contributed by atoms with Gasteiger partial charge in [-0.3, -0.25) is 15.0 Å². The molecule has 1 aliphatic rings. The van der Waals surface area contributed by atoms with Crippen molar-refractivity contribution in [1.29, 1.82) is 0 Å². The number of likely N-dealkylation sites (tertiary alicyclic amines) is 1. The number of amides is 1. The Kier molecular flexibility index (Phi) is 8.95. The fourth-order valence-corrected chi connectivity index (χ4v) is 5.85. The standard InChI is InChI=1S/C28H40ClN3O5Si/c1-27(2,3)36-26(33)31-22(17-19-9-12-21(13-10-19)32(34)35)14-15-23(31)25(20-11-16-24(29)30-18-20)37-38(7,8)28(4,5)6/h9-13,16,18,22-23,25H,14-15,17H2,1-8H3/t22-,23+,25+/m0/s1. The number of carbonyl (C=O) groups is 1. The van der Waals surface area contributed by atoms with E-state index in [1.807, 2.05) is 31.7 Å². The Morgan fingerprint density at radius 1 is 1.13 bits per heavy atom. The van der Waals surface area contributed by atoms with Crippen molar-refractivity contribution in [2.75, 3.05) is 0 Å². The number of nitro groups is 1. The number of hydrogen-bond donors (Lipinski definition) is 0. The second-order valence-electron chi connectivity index (χ2n) is 12.5. The molecule has 208 valence electrons. The number of halogens is 1.